The van der Waals surface area contributed by atoms with E-state index in [2.05, 4.69) is 41.2 Å². The molecule has 4 atom stereocenters. The molecule has 0 amide bonds. The van der Waals surface area contributed by atoms with Gasteiger partial charge in [-0.15, -0.1) is 6.58 Å². The molecule has 0 aromatic carbocycles. The van der Waals surface area contributed by atoms with Gasteiger partial charge in [0.15, 0.2) is 0 Å². The molecule has 20 heavy (non-hydrogen) atoms. The van der Waals surface area contributed by atoms with Crippen LogP contribution in [0, 0.1) is 22.7 Å². The highest BCUT2D eigenvalue weighted by molar-refractivity contribution is 5.08. The fraction of sp³-hybridized carbons (Fsp3) is 0.895. The lowest BCUT2D eigenvalue weighted by molar-refractivity contribution is -0.168. The van der Waals surface area contributed by atoms with Crippen molar-refractivity contribution in [1.82, 2.24) is 0 Å². The third-order valence-corrected chi connectivity index (χ3v) is 6.62. The molecule has 2 fully saturated rings. The predicted octanol–water partition coefficient (Wildman–Crippen LogP) is 5.34. The van der Waals surface area contributed by atoms with E-state index < -0.39 is 5.60 Å². The van der Waals surface area contributed by atoms with Gasteiger partial charge >= 0.3 is 0 Å². The lowest BCUT2D eigenvalue weighted by Gasteiger charge is -2.61. The molecule has 2 rings (SSSR count). The number of hydrogen-bond donors (Lipinski definition) is 1. The van der Waals surface area contributed by atoms with Crippen molar-refractivity contribution < 1.29 is 5.11 Å². The summed E-state index contributed by atoms with van der Waals surface area (Å²) in [5.74, 6) is 1.18. The molecule has 1 nitrogen and oxygen atoms in total. The molecule has 0 saturated heterocycles. The molecular weight excluding hydrogens is 244 g/mol. The normalized spacial score (nSPS) is 43.9. The van der Waals surface area contributed by atoms with Gasteiger partial charge in [-0.2, -0.15) is 0 Å². The average molecular weight is 278 g/mol. The second-order valence-electron chi connectivity index (χ2n) is 8.84. The van der Waals surface area contributed by atoms with Gasteiger partial charge in [0.1, 0.15) is 0 Å². The Morgan fingerprint density at radius 2 is 1.80 bits per heavy atom. The highest BCUT2D eigenvalue weighted by Crippen LogP contribution is 2.62. The van der Waals surface area contributed by atoms with Gasteiger partial charge in [-0.1, -0.05) is 32.8 Å². The van der Waals surface area contributed by atoms with Gasteiger partial charge in [-0.3, -0.25) is 0 Å². The van der Waals surface area contributed by atoms with Crippen molar-refractivity contribution in [1.29, 1.82) is 0 Å². The third kappa shape index (κ3) is 2.71. The molecular formula is C19H34O. The van der Waals surface area contributed by atoms with Gasteiger partial charge in [0, 0.05) is 0 Å². The van der Waals surface area contributed by atoms with Crippen LogP contribution in [0.3, 0.4) is 0 Å². The van der Waals surface area contributed by atoms with E-state index in [1.165, 1.54) is 31.3 Å². The van der Waals surface area contributed by atoms with Crippen LogP contribution in [-0.4, -0.2) is 10.7 Å². The Labute approximate surface area is 125 Å². The van der Waals surface area contributed by atoms with Crippen LogP contribution in [0.1, 0.15) is 79.6 Å². The lowest BCUT2D eigenvalue weighted by Crippen LogP contribution is -2.57. The first-order valence-electron chi connectivity index (χ1n) is 8.46. The summed E-state index contributed by atoms with van der Waals surface area (Å²) in [5, 5.41) is 11.0. The first-order valence-corrected chi connectivity index (χ1v) is 8.46. The van der Waals surface area contributed by atoms with Crippen LogP contribution in [-0.2, 0) is 0 Å². The van der Waals surface area contributed by atoms with Gasteiger partial charge in [0.2, 0.25) is 0 Å². The van der Waals surface area contributed by atoms with E-state index in [4.69, 9.17) is 0 Å². The molecule has 2 unspecified atom stereocenters. The van der Waals surface area contributed by atoms with Crippen LogP contribution in [0.5, 0.6) is 0 Å². The van der Waals surface area contributed by atoms with Crippen molar-refractivity contribution in [2.24, 2.45) is 22.7 Å². The Bertz CT molecular complexity index is 379. The van der Waals surface area contributed by atoms with Crippen molar-refractivity contribution in [3.8, 4) is 0 Å². The molecule has 0 heterocycles. The first-order chi connectivity index (χ1) is 9.09. The van der Waals surface area contributed by atoms with Crippen molar-refractivity contribution in [3.05, 3.63) is 12.2 Å². The molecule has 2 saturated carbocycles. The van der Waals surface area contributed by atoms with E-state index in [0.29, 0.717) is 16.7 Å². The Morgan fingerprint density at radius 1 is 1.15 bits per heavy atom. The smallest absolute Gasteiger partial charge is 0.0653 e. The fourth-order valence-corrected chi connectivity index (χ4v) is 5.66. The summed E-state index contributed by atoms with van der Waals surface area (Å²) in [6.07, 6.45) is 8.28. The van der Waals surface area contributed by atoms with E-state index in [1.54, 1.807) is 0 Å². The van der Waals surface area contributed by atoms with Gasteiger partial charge in [0.05, 0.1) is 5.60 Å². The quantitative estimate of drug-likeness (QED) is 0.691. The summed E-state index contributed by atoms with van der Waals surface area (Å²) in [4.78, 5) is 0. The number of rotatable bonds is 3. The molecule has 0 radical (unpaired) electrons. The van der Waals surface area contributed by atoms with E-state index in [-0.39, 0.29) is 0 Å². The molecule has 0 bridgehead atoms. The van der Waals surface area contributed by atoms with Crippen molar-refractivity contribution >= 4 is 0 Å². The molecule has 0 spiro atoms. The maximum atomic E-state index is 11.0. The molecule has 116 valence electrons. The molecule has 1 heteroatoms. The Kier molecular flexibility index (Phi) is 4.15. The highest BCUT2D eigenvalue weighted by Gasteiger charge is 2.57. The van der Waals surface area contributed by atoms with E-state index in [1.807, 2.05) is 0 Å². The zero-order valence-corrected chi connectivity index (χ0v) is 14.3. The summed E-state index contributed by atoms with van der Waals surface area (Å²) in [6, 6.07) is 0. The molecule has 2 aliphatic rings. The zero-order chi connectivity index (χ0) is 15.2. The minimum absolute atomic E-state index is 0.305. The summed E-state index contributed by atoms with van der Waals surface area (Å²) >= 11 is 0. The van der Waals surface area contributed by atoms with Gasteiger partial charge in [0.25, 0.3) is 0 Å². The standard InChI is InChI=1S/C19H34O/c1-14(2)8-9-16-18(5)12-7-11-17(3,4)15(18)10-13-19(16,6)20/h15-16,20H,1,7-13H2,2-6H3/t15?,16-,18+,19?/m1/s1. The van der Waals surface area contributed by atoms with Crippen LogP contribution in [0.4, 0.5) is 0 Å². The lowest BCUT2D eigenvalue weighted by atomic mass is 9.45. The topological polar surface area (TPSA) is 20.2 Å². The average Bonchev–Trinajstić information content (AvgIpc) is 2.25. The number of fused-ring (bicyclic) bond motifs is 1. The minimum atomic E-state index is -0.492. The Morgan fingerprint density at radius 3 is 2.40 bits per heavy atom. The summed E-state index contributed by atoms with van der Waals surface area (Å²) in [5.41, 5.74) is 1.50. The van der Waals surface area contributed by atoms with E-state index >= 15 is 0 Å². The van der Waals surface area contributed by atoms with E-state index in [9.17, 15) is 5.11 Å². The molecule has 0 aliphatic heterocycles. The number of aliphatic hydroxyl groups is 1. The van der Waals surface area contributed by atoms with Crippen LogP contribution < -0.4 is 0 Å². The van der Waals surface area contributed by atoms with Gasteiger partial charge in [-0.25, -0.2) is 0 Å². The second-order valence-corrected chi connectivity index (χ2v) is 8.84. The van der Waals surface area contributed by atoms with E-state index in [0.717, 1.165) is 25.2 Å². The Balaban J connectivity index is 2.30. The van der Waals surface area contributed by atoms with Crippen LogP contribution >= 0.6 is 0 Å². The zero-order valence-electron chi connectivity index (χ0n) is 14.3. The number of allylic oxidation sites excluding steroid dienone is 1. The maximum Gasteiger partial charge on any atom is 0.0653 e. The molecule has 0 aromatic heterocycles. The predicted molar refractivity (Wildman–Crippen MR) is 86.6 cm³/mol. The summed E-state index contributed by atoms with van der Waals surface area (Å²) in [6.45, 7) is 15.6. The van der Waals surface area contributed by atoms with Crippen LogP contribution in [0.15, 0.2) is 12.2 Å². The largest absolute Gasteiger partial charge is 0.390 e. The van der Waals surface area contributed by atoms with Crippen molar-refractivity contribution in [2.45, 2.75) is 85.2 Å². The SMILES string of the molecule is C=C(C)CC[C@H]1C(C)(O)CCC2C(C)(C)CCC[C@@]21C. The first kappa shape index (κ1) is 16.1. The van der Waals surface area contributed by atoms with Crippen LogP contribution in [0.25, 0.3) is 0 Å². The molecule has 2 aliphatic carbocycles. The Hall–Kier alpha value is -0.300. The minimum Gasteiger partial charge on any atom is -0.390 e. The maximum absolute atomic E-state index is 11.0. The monoisotopic (exact) mass is 278 g/mol. The summed E-state index contributed by atoms with van der Waals surface area (Å²) < 4.78 is 0. The van der Waals surface area contributed by atoms with Gasteiger partial charge in [-0.05, 0) is 75.0 Å². The number of hydrogen-bond acceptors (Lipinski definition) is 1. The van der Waals surface area contributed by atoms with Crippen LogP contribution in [0.2, 0.25) is 0 Å². The molecule has 0 aromatic rings. The van der Waals surface area contributed by atoms with Gasteiger partial charge < -0.3 is 5.11 Å². The third-order valence-electron chi connectivity index (χ3n) is 6.62. The van der Waals surface area contributed by atoms with Crippen molar-refractivity contribution in [2.75, 3.05) is 0 Å². The summed E-state index contributed by atoms with van der Waals surface area (Å²) in [7, 11) is 0. The molecule has 1 N–H and O–H groups in total. The highest BCUT2D eigenvalue weighted by atomic mass is 16.3. The fourth-order valence-electron chi connectivity index (χ4n) is 5.66. The second kappa shape index (κ2) is 5.16. The van der Waals surface area contributed by atoms with Crippen molar-refractivity contribution in [3.63, 3.8) is 0 Å².